The van der Waals surface area contributed by atoms with Crippen molar-refractivity contribution in [2.24, 2.45) is 11.8 Å². The molecule has 8 rings (SSSR count). The van der Waals surface area contributed by atoms with E-state index in [0.29, 0.717) is 36.0 Å². The van der Waals surface area contributed by atoms with Gasteiger partial charge in [-0.15, -0.1) is 0 Å². The van der Waals surface area contributed by atoms with Gasteiger partial charge in [0.2, 0.25) is 11.9 Å². The molecular weight excluding hydrogens is 756 g/mol. The SMILES string of the molecule is CC(=O)OC[C@H]1O[C@@H](n2c(=O)n(CC3CC3)c3cnc(N)nc32)[C@H](OC(C)=O)[C@H]1OC(C)=O.Nc1ncc2c(n1)n([C@@H]1O[C@H](CO)[C@H](O)[C@H]1O)c(=O)n2CC1CC1. The molecule has 2 aliphatic heterocycles. The Morgan fingerprint density at radius 1 is 0.737 bits per heavy atom. The molecule has 0 aromatic carbocycles. The average Bonchev–Trinajstić information content (AvgIpc) is 4.07. The second-order valence-corrected chi connectivity index (χ2v) is 14.5. The maximum Gasteiger partial charge on any atom is 0.332 e. The number of nitrogens with two attached hydrogens (primary N) is 2. The summed E-state index contributed by atoms with van der Waals surface area (Å²) in [7, 11) is 0. The Morgan fingerprint density at radius 2 is 1.21 bits per heavy atom. The molecule has 0 spiro atoms. The predicted molar refractivity (Wildman–Crippen MR) is 193 cm³/mol. The largest absolute Gasteiger partial charge is 0.463 e. The third-order valence-electron chi connectivity index (χ3n) is 10.1. The maximum atomic E-state index is 13.5. The molecule has 2 aliphatic carbocycles. The fourth-order valence-corrected chi connectivity index (χ4v) is 7.06. The number of carbonyl (C=O) groups is 3. The number of nitrogens with zero attached hydrogens (tertiary/aromatic N) is 8. The number of nitrogen functional groups attached to an aromatic ring is 2. The molecule has 7 N–H and O–H groups in total. The van der Waals surface area contributed by atoms with Gasteiger partial charge in [-0.25, -0.2) is 28.7 Å². The lowest BCUT2D eigenvalue weighted by molar-refractivity contribution is -0.166. The highest BCUT2D eigenvalue weighted by molar-refractivity contribution is 5.73. The topological polar surface area (TPSA) is 316 Å². The van der Waals surface area contributed by atoms with Crippen LogP contribution in [0.5, 0.6) is 0 Å². The number of esters is 3. The summed E-state index contributed by atoms with van der Waals surface area (Å²) in [5.74, 6) is -1.19. The fraction of sp³-hybridized carbons (Fsp3) is 0.618. The first kappa shape index (κ1) is 39.7. The van der Waals surface area contributed by atoms with Crippen LogP contribution >= 0.6 is 0 Å². The third kappa shape index (κ3) is 8.05. The molecule has 6 heterocycles. The summed E-state index contributed by atoms with van der Waals surface area (Å²) < 4.78 is 32.8. The van der Waals surface area contributed by atoms with E-state index >= 15 is 0 Å². The molecule has 2 saturated heterocycles. The Hall–Kier alpha value is -5.49. The fourth-order valence-electron chi connectivity index (χ4n) is 7.06. The zero-order valence-electron chi connectivity index (χ0n) is 31.2. The van der Waals surface area contributed by atoms with E-state index in [1.165, 1.54) is 46.9 Å². The summed E-state index contributed by atoms with van der Waals surface area (Å²) >= 11 is 0. The van der Waals surface area contributed by atoms with Gasteiger partial charge in [-0.1, -0.05) is 0 Å². The molecule has 8 atom stereocenters. The lowest BCUT2D eigenvalue weighted by Gasteiger charge is -2.23. The molecule has 4 fully saturated rings. The highest BCUT2D eigenvalue weighted by Crippen LogP contribution is 2.37. The number of ether oxygens (including phenoxy) is 5. The number of aliphatic hydroxyl groups excluding tert-OH is 3. The van der Waals surface area contributed by atoms with E-state index in [-0.39, 0.29) is 29.8 Å². The highest BCUT2D eigenvalue weighted by Gasteiger charge is 2.52. The van der Waals surface area contributed by atoms with Crippen molar-refractivity contribution in [3.05, 3.63) is 33.4 Å². The minimum atomic E-state index is -1.36. The van der Waals surface area contributed by atoms with Gasteiger partial charge in [0.15, 0.2) is 36.0 Å². The van der Waals surface area contributed by atoms with Crippen molar-refractivity contribution < 1.29 is 53.4 Å². The number of aliphatic hydroxyl groups is 3. The Morgan fingerprint density at radius 3 is 1.65 bits per heavy atom. The Bertz CT molecular complexity index is 2300. The van der Waals surface area contributed by atoms with Gasteiger partial charge in [0.25, 0.3) is 0 Å². The van der Waals surface area contributed by atoms with Gasteiger partial charge in [0, 0.05) is 33.9 Å². The lowest BCUT2D eigenvalue weighted by atomic mass is 10.1. The van der Waals surface area contributed by atoms with Crippen molar-refractivity contribution >= 4 is 52.1 Å². The molecule has 57 heavy (non-hydrogen) atoms. The van der Waals surface area contributed by atoms with Crippen LogP contribution in [0.1, 0.15) is 58.9 Å². The van der Waals surface area contributed by atoms with Crippen LogP contribution in [0.25, 0.3) is 22.3 Å². The molecule has 0 bridgehead atoms. The van der Waals surface area contributed by atoms with Gasteiger partial charge >= 0.3 is 29.3 Å². The first-order valence-electron chi connectivity index (χ1n) is 18.4. The summed E-state index contributed by atoms with van der Waals surface area (Å²) in [5, 5.41) is 29.4. The van der Waals surface area contributed by atoms with Gasteiger partial charge in [-0.05, 0) is 37.5 Å². The molecule has 23 heteroatoms. The molecule has 4 aromatic rings. The van der Waals surface area contributed by atoms with Crippen LogP contribution in [0.4, 0.5) is 11.9 Å². The van der Waals surface area contributed by atoms with Gasteiger partial charge in [-0.3, -0.25) is 23.5 Å². The number of hydrogen-bond donors (Lipinski definition) is 5. The smallest absolute Gasteiger partial charge is 0.332 e. The first-order chi connectivity index (χ1) is 27.2. The van der Waals surface area contributed by atoms with E-state index < -0.39 is 85.0 Å². The molecule has 0 amide bonds. The predicted octanol–water partition coefficient (Wildman–Crippen LogP) is -1.89. The lowest BCUT2D eigenvalue weighted by Crippen LogP contribution is -2.41. The van der Waals surface area contributed by atoms with Gasteiger partial charge in [-0.2, -0.15) is 9.97 Å². The van der Waals surface area contributed by atoms with Crippen LogP contribution in [-0.4, -0.2) is 121 Å². The van der Waals surface area contributed by atoms with E-state index in [4.69, 9.17) is 35.2 Å². The number of carbonyl (C=O) groups excluding carboxylic acids is 3. The van der Waals surface area contributed by atoms with E-state index in [2.05, 4.69) is 19.9 Å². The van der Waals surface area contributed by atoms with Crippen LogP contribution in [0.15, 0.2) is 22.0 Å². The standard InChI is InChI=1S/C20H25N5O8.C14H19N5O5/c1-9(26)30-8-14-15(31-10(2)27)16(32-11(3)28)18(33-14)25-17-13(6-22-19(21)23-17)24(20(25)29)7-12-4-5-12;15-13-16-3-7-11(17-13)19(14(23)18(7)4-6-1-2-6)12-10(22)9(21)8(5-20)24-12/h6,12,14-16,18H,4-5,7-8H2,1-3H3,(H2,21,22,23);3,6,8-10,12,20-22H,1-2,4-5H2,(H2,15,16,17)/t14-,15+,16-,18-;8-,9+,10-,12-/m11/s1. The van der Waals surface area contributed by atoms with Crippen LogP contribution in [0.2, 0.25) is 0 Å². The first-order valence-corrected chi connectivity index (χ1v) is 18.4. The second-order valence-electron chi connectivity index (χ2n) is 14.5. The number of hydrogen-bond acceptors (Lipinski definition) is 19. The van der Waals surface area contributed by atoms with E-state index in [1.807, 2.05) is 0 Å². The molecule has 0 radical (unpaired) electrons. The van der Waals surface area contributed by atoms with E-state index in [1.54, 1.807) is 4.57 Å². The van der Waals surface area contributed by atoms with Crippen LogP contribution in [0.3, 0.4) is 0 Å². The van der Waals surface area contributed by atoms with Crippen molar-refractivity contribution in [3.8, 4) is 0 Å². The molecule has 2 saturated carbocycles. The molecule has 308 valence electrons. The highest BCUT2D eigenvalue weighted by atomic mass is 16.7. The normalized spacial score (nSPS) is 27.0. The molecule has 4 aliphatic rings. The monoisotopic (exact) mass is 800 g/mol. The van der Waals surface area contributed by atoms with Gasteiger partial charge in [0.05, 0.1) is 19.0 Å². The number of imidazole rings is 2. The summed E-state index contributed by atoms with van der Waals surface area (Å²) in [4.78, 5) is 77.7. The minimum Gasteiger partial charge on any atom is -0.463 e. The van der Waals surface area contributed by atoms with Gasteiger partial charge < -0.3 is 50.5 Å². The Kier molecular flexibility index (Phi) is 11.0. The molecule has 0 unspecified atom stereocenters. The number of aromatic nitrogens is 8. The average molecular weight is 801 g/mol. The zero-order valence-corrected chi connectivity index (χ0v) is 31.2. The van der Waals surface area contributed by atoms with Crippen molar-refractivity contribution in [3.63, 3.8) is 0 Å². The number of rotatable bonds is 11. The minimum absolute atomic E-state index is 0.00781. The van der Waals surface area contributed by atoms with E-state index in [0.717, 1.165) is 25.7 Å². The second kappa shape index (κ2) is 15.8. The van der Waals surface area contributed by atoms with Crippen LogP contribution in [-0.2, 0) is 51.2 Å². The number of fused-ring (bicyclic) bond motifs is 2. The third-order valence-corrected chi connectivity index (χ3v) is 10.1. The zero-order chi connectivity index (χ0) is 40.9. The van der Waals surface area contributed by atoms with Crippen LogP contribution in [0, 0.1) is 11.8 Å². The molecule has 23 nitrogen and oxygen atoms in total. The Balaban J connectivity index is 0.000000183. The summed E-state index contributed by atoms with van der Waals surface area (Å²) in [6.45, 7) is 3.82. The maximum absolute atomic E-state index is 13.5. The molecular formula is C34H44N10O13. The Labute approximate surface area is 322 Å². The van der Waals surface area contributed by atoms with Crippen molar-refractivity contribution in [1.82, 2.24) is 38.2 Å². The quantitative estimate of drug-likeness (QED) is 0.0817. The van der Waals surface area contributed by atoms with Gasteiger partial charge in [0.1, 0.15) is 42.1 Å². The summed E-state index contributed by atoms with van der Waals surface area (Å²) in [6.07, 6.45) is -2.30. The van der Waals surface area contributed by atoms with E-state index in [9.17, 15) is 39.3 Å². The number of anilines is 2. The van der Waals surface area contributed by atoms with Crippen molar-refractivity contribution in [2.45, 2.75) is 109 Å². The summed E-state index contributed by atoms with van der Waals surface area (Å²) in [6, 6.07) is 0. The molecule has 4 aromatic heterocycles. The van der Waals surface area contributed by atoms with Crippen LogP contribution < -0.4 is 22.8 Å². The summed E-state index contributed by atoms with van der Waals surface area (Å²) in [5.41, 5.74) is 11.9. The van der Waals surface area contributed by atoms with Crippen molar-refractivity contribution in [1.29, 1.82) is 0 Å². The van der Waals surface area contributed by atoms with Crippen molar-refractivity contribution in [2.75, 3.05) is 24.7 Å².